The van der Waals surface area contributed by atoms with Crippen LogP contribution in [0, 0.1) is 20.8 Å². The number of aliphatic carboxylic acids is 1. The second-order valence-corrected chi connectivity index (χ2v) is 14.0. The number of Topliss-reactive ketones (excluding diaryl/α,β-unsaturated/α-hetero) is 2. The van der Waals surface area contributed by atoms with Gasteiger partial charge in [0.1, 0.15) is 23.0 Å². The molecule has 0 aliphatic rings. The third kappa shape index (κ3) is 17.5. The number of benzene rings is 5. The molecule has 5 rings (SSSR count). The molecule has 0 aromatic heterocycles. The third-order valence-corrected chi connectivity index (χ3v) is 8.07. The molecule has 56 heavy (non-hydrogen) atoms. The van der Waals surface area contributed by atoms with Crippen LogP contribution >= 0.6 is 15.9 Å². The minimum atomic E-state index is -0.787. The summed E-state index contributed by atoms with van der Waals surface area (Å²) in [6, 6.07) is 35.9. The lowest BCUT2D eigenvalue weighted by molar-refractivity contribution is -0.137. The highest BCUT2D eigenvalue weighted by atomic mass is 79.9. The van der Waals surface area contributed by atoms with Gasteiger partial charge in [-0.3, -0.25) is 24.1 Å². The topological polar surface area (TPSA) is 113 Å². The number of ether oxygens (including phenoxy) is 2. The minimum absolute atomic E-state index is 0.0280. The number of halogens is 1. The number of aryl methyl sites for hydroxylation is 3. The minimum Gasteiger partial charge on any atom is -0.480 e. The first-order chi connectivity index (χ1) is 26.5. The summed E-state index contributed by atoms with van der Waals surface area (Å²) < 4.78 is 12.4. The summed E-state index contributed by atoms with van der Waals surface area (Å²) in [6.45, 7) is 9.03. The van der Waals surface area contributed by atoms with Crippen molar-refractivity contribution in [1.82, 2.24) is 9.80 Å². The summed E-state index contributed by atoms with van der Waals surface area (Å²) in [7, 11) is 7.19. The zero-order valence-electron chi connectivity index (χ0n) is 33.5. The second kappa shape index (κ2) is 23.8. The Morgan fingerprint density at radius 3 is 1.38 bits per heavy atom. The maximum Gasteiger partial charge on any atom is 0.317 e. The van der Waals surface area contributed by atoms with Crippen molar-refractivity contribution in [1.29, 1.82) is 0 Å². The van der Waals surface area contributed by atoms with Gasteiger partial charge in [-0.05, 0) is 126 Å². The van der Waals surface area contributed by atoms with Crippen LogP contribution in [0.3, 0.4) is 0 Å². The number of nitrogens with zero attached hydrogens (tertiary/aromatic N) is 2. The van der Waals surface area contributed by atoms with Crippen LogP contribution in [0.25, 0.3) is 0 Å². The van der Waals surface area contributed by atoms with Gasteiger partial charge in [0.15, 0.2) is 17.3 Å². The van der Waals surface area contributed by atoms with E-state index in [1.165, 1.54) is 0 Å². The van der Waals surface area contributed by atoms with E-state index in [0.717, 1.165) is 38.2 Å². The number of likely N-dealkylation sites (N-methyl/N-ethyl adjacent to an activating group) is 1. The zero-order chi connectivity index (χ0) is 41.8. The van der Waals surface area contributed by atoms with Gasteiger partial charge in [-0.1, -0.05) is 70.5 Å². The molecule has 0 saturated heterocycles. The average Bonchev–Trinajstić information content (AvgIpc) is 3.14. The molecule has 0 atom stereocenters. The van der Waals surface area contributed by atoms with Gasteiger partial charge < -0.3 is 19.5 Å². The van der Waals surface area contributed by atoms with Crippen LogP contribution in [0.1, 0.15) is 61.6 Å². The zero-order valence-corrected chi connectivity index (χ0v) is 35.1. The summed E-state index contributed by atoms with van der Waals surface area (Å²) in [4.78, 5) is 47.8. The summed E-state index contributed by atoms with van der Waals surface area (Å²) >= 11 is 3.31. The van der Waals surface area contributed by atoms with Crippen LogP contribution in [-0.4, -0.2) is 73.0 Å². The number of hydrogen-bond acceptors (Lipinski definition) is 8. The lowest BCUT2D eigenvalue weighted by Crippen LogP contribution is -2.20. The number of carbonyl (C=O) groups is 4. The van der Waals surface area contributed by atoms with E-state index >= 15 is 0 Å². The van der Waals surface area contributed by atoms with E-state index in [1.807, 2.05) is 143 Å². The van der Waals surface area contributed by atoms with E-state index in [2.05, 4.69) is 15.9 Å². The van der Waals surface area contributed by atoms with Crippen LogP contribution in [0.4, 0.5) is 0 Å². The second-order valence-electron chi connectivity index (χ2n) is 13.1. The summed E-state index contributed by atoms with van der Waals surface area (Å²) in [5.74, 6) is 2.23. The maximum absolute atomic E-state index is 12.2. The first-order valence-corrected chi connectivity index (χ1v) is 18.5. The molecule has 9 nitrogen and oxygen atoms in total. The van der Waals surface area contributed by atoms with Gasteiger partial charge in [0.05, 0.1) is 6.54 Å². The van der Waals surface area contributed by atoms with Crippen LogP contribution < -0.4 is 9.47 Å². The van der Waals surface area contributed by atoms with Gasteiger partial charge in [-0.25, -0.2) is 0 Å². The summed E-state index contributed by atoms with van der Waals surface area (Å²) in [5.41, 5.74) is 5.08. The number of carboxylic acid groups (broad SMARTS) is 1. The van der Waals surface area contributed by atoms with Crippen LogP contribution in [-0.2, 0) is 4.79 Å². The number of carbonyl (C=O) groups excluding carboxylic acids is 3. The molecule has 5 aromatic carbocycles. The Morgan fingerprint density at radius 2 is 1.00 bits per heavy atom. The Hall–Kier alpha value is -5.84. The van der Waals surface area contributed by atoms with E-state index < -0.39 is 5.97 Å². The Balaban J connectivity index is 0.000000277. The van der Waals surface area contributed by atoms with E-state index in [9.17, 15) is 19.2 Å². The first kappa shape index (κ1) is 46.3. The van der Waals surface area contributed by atoms with Crippen molar-refractivity contribution in [2.75, 3.05) is 34.7 Å². The highest BCUT2D eigenvalue weighted by Crippen LogP contribution is 2.25. The van der Waals surface area contributed by atoms with Gasteiger partial charge in [0, 0.05) is 47.5 Å². The summed E-state index contributed by atoms with van der Waals surface area (Å²) in [6.07, 6.45) is 3.31. The number of allylic oxidation sites excluding steroid dienone is 1. The fourth-order valence-electron chi connectivity index (χ4n) is 4.77. The van der Waals surface area contributed by atoms with Crippen molar-refractivity contribution >= 4 is 39.2 Å². The fraction of sp³-hybridized carbons (Fsp3) is 0.217. The first-order valence-electron chi connectivity index (χ1n) is 17.7. The standard InChI is InChI=1S/C18H19NO2.C15H14O2.C9H9BrO.C4H9NO2/c1-14-9-10-16(21-15-7-5-4-6-8-15)13-17(14)18(20)11-12-19(2)3;1-11-8-9-14(10-15(11)12(2)16)17-13-6-4-3-5-7-13;1-6-3-4-8(10)5-9(6)7(2)11;1-5(2)3-4(6)7/h4-13H,1-3H3;3-10H,1-2H3;3-5H,1-2H3;3H2,1-2H3,(H,6,7)/b12-11+;;;. The largest absolute Gasteiger partial charge is 0.480 e. The molecule has 0 aliphatic heterocycles. The molecule has 0 unspecified atom stereocenters. The van der Waals surface area contributed by atoms with Crippen LogP contribution in [0.5, 0.6) is 23.0 Å². The molecule has 1 N–H and O–H groups in total. The average molecular weight is 824 g/mol. The molecule has 0 fully saturated rings. The van der Waals surface area contributed by atoms with Gasteiger partial charge in [0.25, 0.3) is 0 Å². The smallest absolute Gasteiger partial charge is 0.317 e. The molecule has 0 radical (unpaired) electrons. The monoisotopic (exact) mass is 822 g/mol. The van der Waals surface area contributed by atoms with Crippen molar-refractivity contribution in [2.45, 2.75) is 34.6 Å². The number of rotatable bonds is 11. The molecular formula is C46H51BrN2O7. The van der Waals surface area contributed by atoms with E-state index in [-0.39, 0.29) is 23.9 Å². The Bertz CT molecular complexity index is 2080. The molecule has 0 saturated carbocycles. The number of ketones is 3. The molecule has 0 amide bonds. The highest BCUT2D eigenvalue weighted by molar-refractivity contribution is 9.10. The van der Waals surface area contributed by atoms with Gasteiger partial charge in [-0.2, -0.15) is 0 Å². The van der Waals surface area contributed by atoms with Gasteiger partial charge in [0.2, 0.25) is 0 Å². The molecule has 0 spiro atoms. The van der Waals surface area contributed by atoms with Crippen LogP contribution in [0.15, 0.2) is 132 Å². The predicted molar refractivity (Wildman–Crippen MR) is 228 cm³/mol. The normalized spacial score (nSPS) is 10.1. The number of carboxylic acids is 1. The van der Waals surface area contributed by atoms with Gasteiger partial charge >= 0.3 is 5.97 Å². The van der Waals surface area contributed by atoms with E-state index in [0.29, 0.717) is 22.6 Å². The molecule has 5 aromatic rings. The van der Waals surface area contributed by atoms with Crippen molar-refractivity contribution in [3.8, 4) is 23.0 Å². The number of para-hydroxylation sites is 2. The molecule has 0 bridgehead atoms. The Morgan fingerprint density at radius 1 is 0.589 bits per heavy atom. The molecule has 0 aliphatic carbocycles. The lowest BCUT2D eigenvalue weighted by atomic mass is 10.0. The Labute approximate surface area is 339 Å². The van der Waals surface area contributed by atoms with Gasteiger partial charge in [-0.15, -0.1) is 0 Å². The lowest BCUT2D eigenvalue weighted by Gasteiger charge is -2.09. The van der Waals surface area contributed by atoms with Crippen molar-refractivity contribution in [3.63, 3.8) is 0 Å². The third-order valence-electron chi connectivity index (χ3n) is 7.58. The number of hydrogen-bond donors (Lipinski definition) is 1. The quantitative estimate of drug-likeness (QED) is 0.103. The molecule has 10 heteroatoms. The fourth-order valence-corrected chi connectivity index (χ4v) is 5.13. The molecular weight excluding hydrogens is 772 g/mol. The highest BCUT2D eigenvalue weighted by Gasteiger charge is 2.09. The SMILES string of the molecule is CC(=O)c1cc(Br)ccc1C.CC(=O)c1cc(Oc2ccccc2)ccc1C.CN(C)CC(=O)O.Cc1ccc(Oc2ccccc2)cc1C(=O)/C=C/N(C)C. The molecule has 294 valence electrons. The van der Waals surface area contributed by atoms with Crippen LogP contribution in [0.2, 0.25) is 0 Å². The van der Waals surface area contributed by atoms with Crippen molar-refractivity contribution in [2.24, 2.45) is 0 Å². The summed E-state index contributed by atoms with van der Waals surface area (Å²) in [5, 5.41) is 8.04. The maximum atomic E-state index is 12.2. The Kier molecular flexibility index (Phi) is 19.7. The molecule has 0 heterocycles. The van der Waals surface area contributed by atoms with E-state index in [4.69, 9.17) is 14.6 Å². The predicted octanol–water partition coefficient (Wildman–Crippen LogP) is 10.6. The van der Waals surface area contributed by atoms with E-state index in [1.54, 1.807) is 57.3 Å². The van der Waals surface area contributed by atoms with Crippen molar-refractivity contribution in [3.05, 3.63) is 165 Å². The van der Waals surface area contributed by atoms with Crippen molar-refractivity contribution < 1.29 is 33.8 Å².